The number of halogens is 1. The van der Waals surface area contributed by atoms with Crippen molar-refractivity contribution in [3.8, 4) is 0 Å². The summed E-state index contributed by atoms with van der Waals surface area (Å²) in [6.07, 6.45) is 8.26. The molecule has 0 aromatic heterocycles. The minimum Gasteiger partial charge on any atom is -0.299 e. The maximum absolute atomic E-state index is 12.0. The highest BCUT2D eigenvalue weighted by Gasteiger charge is 2.17. The number of carbonyl (C=O) groups is 1. The van der Waals surface area contributed by atoms with E-state index < -0.39 is 10.1 Å². The largest absolute Gasteiger partial charge is 0.299 e. The molecule has 1 rings (SSSR count). The molecule has 23 heavy (non-hydrogen) atoms. The van der Waals surface area contributed by atoms with Gasteiger partial charge in [-0.15, -0.1) is 0 Å². The summed E-state index contributed by atoms with van der Waals surface area (Å²) in [7, 11) is -4.34. The van der Waals surface area contributed by atoms with E-state index in [4.69, 9.17) is 11.6 Å². The van der Waals surface area contributed by atoms with Crippen molar-refractivity contribution in [2.45, 2.75) is 69.6 Å². The van der Waals surface area contributed by atoms with Crippen LogP contribution in [0.25, 0.3) is 0 Å². The molecule has 0 aliphatic heterocycles. The fourth-order valence-corrected chi connectivity index (χ4v) is 3.42. The third kappa shape index (κ3) is 7.95. The highest BCUT2D eigenvalue weighted by atomic mass is 35.5. The fraction of sp³-hybridized carbons (Fsp3) is 0.588. The first-order valence-corrected chi connectivity index (χ1v) is 9.94. The highest BCUT2D eigenvalue weighted by molar-refractivity contribution is 7.85. The van der Waals surface area contributed by atoms with Gasteiger partial charge in [0.2, 0.25) is 0 Å². The summed E-state index contributed by atoms with van der Waals surface area (Å²) in [4.78, 5) is 11.8. The molecule has 0 bridgehead atoms. The van der Waals surface area contributed by atoms with Crippen molar-refractivity contribution in [3.05, 3.63) is 28.8 Å². The van der Waals surface area contributed by atoms with E-state index in [0.717, 1.165) is 19.3 Å². The Morgan fingerprint density at radius 2 is 1.70 bits per heavy atom. The van der Waals surface area contributed by atoms with Crippen LogP contribution in [0.5, 0.6) is 0 Å². The second-order valence-corrected chi connectivity index (χ2v) is 7.64. The van der Waals surface area contributed by atoms with E-state index in [1.54, 1.807) is 0 Å². The lowest BCUT2D eigenvalue weighted by atomic mass is 10.0. The maximum atomic E-state index is 12.0. The van der Waals surface area contributed by atoms with Crippen LogP contribution in [0.3, 0.4) is 0 Å². The Morgan fingerprint density at radius 3 is 2.30 bits per heavy atom. The zero-order valence-electron chi connectivity index (χ0n) is 13.6. The zero-order valence-corrected chi connectivity index (χ0v) is 15.1. The van der Waals surface area contributed by atoms with Crippen molar-refractivity contribution in [2.75, 3.05) is 0 Å². The van der Waals surface area contributed by atoms with E-state index in [0.29, 0.717) is 11.4 Å². The number of rotatable bonds is 11. The first kappa shape index (κ1) is 20.1. The first-order chi connectivity index (χ1) is 10.8. The number of hydrogen-bond donors (Lipinski definition) is 1. The molecule has 0 saturated heterocycles. The number of benzene rings is 1. The smallest absolute Gasteiger partial charge is 0.294 e. The molecule has 0 unspecified atom stereocenters. The zero-order chi connectivity index (χ0) is 17.3. The molecular formula is C17H25ClO4S. The Morgan fingerprint density at radius 1 is 1.09 bits per heavy atom. The molecular weight excluding hydrogens is 336 g/mol. The quantitative estimate of drug-likeness (QED) is 0.452. The lowest BCUT2D eigenvalue weighted by Crippen LogP contribution is -2.08. The third-order valence-corrected chi connectivity index (χ3v) is 4.94. The molecule has 0 aliphatic rings. The predicted octanol–water partition coefficient (Wildman–Crippen LogP) is 4.84. The molecule has 0 saturated carbocycles. The van der Waals surface area contributed by atoms with Gasteiger partial charge in [0.1, 0.15) is 5.78 Å². The van der Waals surface area contributed by atoms with Gasteiger partial charge in [-0.25, -0.2) is 0 Å². The van der Waals surface area contributed by atoms with E-state index in [1.807, 2.05) is 0 Å². The normalized spacial score (nSPS) is 11.6. The number of hydrogen-bond acceptors (Lipinski definition) is 3. The van der Waals surface area contributed by atoms with Crippen molar-refractivity contribution >= 4 is 27.5 Å². The fourth-order valence-electron chi connectivity index (χ4n) is 2.52. The molecule has 1 aromatic carbocycles. The first-order valence-electron chi connectivity index (χ1n) is 8.12. The average molecular weight is 361 g/mol. The van der Waals surface area contributed by atoms with Crippen molar-refractivity contribution in [1.82, 2.24) is 0 Å². The Hall–Kier alpha value is -0.910. The Bertz CT molecular complexity index is 611. The monoisotopic (exact) mass is 360 g/mol. The van der Waals surface area contributed by atoms with E-state index in [1.165, 1.54) is 43.9 Å². The van der Waals surface area contributed by atoms with Crippen LogP contribution in [0.1, 0.15) is 63.9 Å². The Labute approximate surface area is 144 Å². The molecule has 0 atom stereocenters. The van der Waals surface area contributed by atoms with Gasteiger partial charge in [-0.05, 0) is 30.2 Å². The van der Waals surface area contributed by atoms with Crippen LogP contribution in [0.4, 0.5) is 0 Å². The molecule has 0 spiro atoms. The number of ketones is 1. The standard InChI is InChI=1S/C17H25ClO4S/c1-2-3-4-5-6-7-8-9-16(19)13-14-12-15(18)10-11-17(14)23(20,21)22/h10-12H,2-9,13H2,1H3,(H,20,21,22). The van der Waals surface area contributed by atoms with Crippen LogP contribution in [0.2, 0.25) is 5.02 Å². The van der Waals surface area contributed by atoms with Gasteiger partial charge in [0, 0.05) is 17.9 Å². The van der Waals surface area contributed by atoms with Crippen LogP contribution in [-0.2, 0) is 21.3 Å². The minimum absolute atomic E-state index is 0.0223. The summed E-state index contributed by atoms with van der Waals surface area (Å²) in [6.45, 7) is 2.18. The minimum atomic E-state index is -4.34. The van der Waals surface area contributed by atoms with Gasteiger partial charge in [0.05, 0.1) is 4.90 Å². The number of carbonyl (C=O) groups excluding carboxylic acids is 1. The Balaban J connectivity index is 2.47. The third-order valence-electron chi connectivity index (χ3n) is 3.75. The summed E-state index contributed by atoms with van der Waals surface area (Å²) < 4.78 is 31.9. The van der Waals surface area contributed by atoms with Crippen molar-refractivity contribution < 1.29 is 17.8 Å². The summed E-state index contributed by atoms with van der Waals surface area (Å²) in [5, 5.41) is 0.344. The summed E-state index contributed by atoms with van der Waals surface area (Å²) in [5.74, 6) is -0.0364. The van der Waals surface area contributed by atoms with Gasteiger partial charge in [-0.1, -0.05) is 57.0 Å². The molecule has 0 aliphatic carbocycles. The molecule has 1 aromatic rings. The predicted molar refractivity (Wildman–Crippen MR) is 92.6 cm³/mol. The molecule has 0 heterocycles. The topological polar surface area (TPSA) is 71.4 Å². The van der Waals surface area contributed by atoms with Gasteiger partial charge in [-0.3, -0.25) is 9.35 Å². The second kappa shape index (κ2) is 10.1. The van der Waals surface area contributed by atoms with Crippen molar-refractivity contribution in [2.24, 2.45) is 0 Å². The maximum Gasteiger partial charge on any atom is 0.294 e. The lowest BCUT2D eigenvalue weighted by Gasteiger charge is -2.07. The van der Waals surface area contributed by atoms with Gasteiger partial charge in [0.15, 0.2) is 0 Å². The van der Waals surface area contributed by atoms with E-state index in [9.17, 15) is 17.8 Å². The summed E-state index contributed by atoms with van der Waals surface area (Å²) in [6, 6.07) is 4.04. The molecule has 130 valence electrons. The van der Waals surface area contributed by atoms with Gasteiger partial charge < -0.3 is 0 Å². The van der Waals surface area contributed by atoms with Crippen LogP contribution in [0, 0.1) is 0 Å². The SMILES string of the molecule is CCCCCCCCCC(=O)Cc1cc(Cl)ccc1S(=O)(=O)O. The van der Waals surface area contributed by atoms with Gasteiger partial charge in [0.25, 0.3) is 10.1 Å². The molecule has 0 radical (unpaired) electrons. The highest BCUT2D eigenvalue weighted by Crippen LogP contribution is 2.22. The van der Waals surface area contributed by atoms with Gasteiger partial charge in [-0.2, -0.15) is 8.42 Å². The van der Waals surface area contributed by atoms with Gasteiger partial charge >= 0.3 is 0 Å². The number of unbranched alkanes of at least 4 members (excludes halogenated alkanes) is 6. The number of Topliss-reactive ketones (excluding diaryl/α,β-unsaturated/α-hetero) is 1. The lowest BCUT2D eigenvalue weighted by molar-refractivity contribution is -0.118. The molecule has 0 amide bonds. The van der Waals surface area contributed by atoms with E-state index in [2.05, 4.69) is 6.92 Å². The second-order valence-electron chi connectivity index (χ2n) is 5.81. The Kier molecular flexibility index (Phi) is 8.81. The molecule has 6 heteroatoms. The van der Waals surface area contributed by atoms with Crippen molar-refractivity contribution in [1.29, 1.82) is 0 Å². The van der Waals surface area contributed by atoms with E-state index >= 15 is 0 Å². The average Bonchev–Trinajstić information content (AvgIpc) is 2.45. The molecule has 0 fully saturated rings. The van der Waals surface area contributed by atoms with Crippen LogP contribution < -0.4 is 0 Å². The van der Waals surface area contributed by atoms with E-state index in [-0.39, 0.29) is 22.7 Å². The molecule has 4 nitrogen and oxygen atoms in total. The van der Waals surface area contributed by atoms with Crippen LogP contribution in [-0.4, -0.2) is 18.8 Å². The van der Waals surface area contributed by atoms with Crippen LogP contribution >= 0.6 is 11.6 Å². The van der Waals surface area contributed by atoms with Crippen LogP contribution in [0.15, 0.2) is 23.1 Å². The summed E-state index contributed by atoms with van der Waals surface area (Å²) >= 11 is 5.85. The summed E-state index contributed by atoms with van der Waals surface area (Å²) in [5.41, 5.74) is 0.257. The molecule has 1 N–H and O–H groups in total. The van der Waals surface area contributed by atoms with Crippen molar-refractivity contribution in [3.63, 3.8) is 0 Å².